The predicted molar refractivity (Wildman–Crippen MR) is 131 cm³/mol. The van der Waals surface area contributed by atoms with Crippen LogP contribution in [0.4, 0.5) is 4.39 Å². The summed E-state index contributed by atoms with van der Waals surface area (Å²) in [6.07, 6.45) is 6.10. The molecule has 0 aliphatic carbocycles. The first kappa shape index (κ1) is 23.1. The highest BCUT2D eigenvalue weighted by atomic mass is 19.1. The zero-order valence-electron chi connectivity index (χ0n) is 19.5. The summed E-state index contributed by atoms with van der Waals surface area (Å²) < 4.78 is 27.4. The van der Waals surface area contributed by atoms with Crippen LogP contribution in [0.3, 0.4) is 0 Å². The van der Waals surface area contributed by atoms with Gasteiger partial charge < -0.3 is 18.8 Å². The molecule has 1 saturated heterocycles. The Morgan fingerprint density at radius 1 is 1.14 bits per heavy atom. The van der Waals surface area contributed by atoms with Crippen LogP contribution in [0.15, 0.2) is 79.1 Å². The first-order chi connectivity index (χ1) is 17.2. The summed E-state index contributed by atoms with van der Waals surface area (Å²) in [6, 6.07) is 20.1. The summed E-state index contributed by atoms with van der Waals surface area (Å²) in [7, 11) is 0. The van der Waals surface area contributed by atoms with Crippen molar-refractivity contribution in [2.75, 3.05) is 19.8 Å². The molecule has 2 aromatic heterocycles. The second-order valence-electron chi connectivity index (χ2n) is 8.75. The number of imidazole rings is 1. The summed E-state index contributed by atoms with van der Waals surface area (Å²) in [5, 5.41) is 0. The molecular formula is C28H28FN3O3. The molecule has 1 atom stereocenters. The van der Waals surface area contributed by atoms with Crippen molar-refractivity contribution in [2.45, 2.75) is 31.9 Å². The van der Waals surface area contributed by atoms with E-state index in [2.05, 4.69) is 4.98 Å². The fourth-order valence-electron chi connectivity index (χ4n) is 4.39. The van der Waals surface area contributed by atoms with Crippen molar-refractivity contribution in [1.29, 1.82) is 0 Å². The van der Waals surface area contributed by atoms with Crippen LogP contribution in [0.5, 0.6) is 5.75 Å². The molecule has 0 saturated carbocycles. The molecule has 6 nitrogen and oxygen atoms in total. The first-order valence-corrected chi connectivity index (χ1v) is 12.0. The third-order valence-electron chi connectivity index (χ3n) is 6.19. The lowest BCUT2D eigenvalue weighted by molar-refractivity contribution is 0.0503. The fraction of sp³-hybridized carbons (Fsp3) is 0.286. The molecule has 3 heterocycles. The van der Waals surface area contributed by atoms with Gasteiger partial charge in [0.25, 0.3) is 5.91 Å². The summed E-state index contributed by atoms with van der Waals surface area (Å²) in [5.74, 6) is 0.339. The molecule has 7 heteroatoms. The molecule has 0 spiro atoms. The van der Waals surface area contributed by atoms with E-state index in [9.17, 15) is 9.18 Å². The maximum absolute atomic E-state index is 13.9. The van der Waals surface area contributed by atoms with E-state index in [1.54, 1.807) is 23.2 Å². The van der Waals surface area contributed by atoms with Crippen molar-refractivity contribution in [3.8, 4) is 5.75 Å². The number of ether oxygens (including phenoxy) is 2. The molecule has 5 rings (SSSR count). The Balaban J connectivity index is 1.29. The highest BCUT2D eigenvalue weighted by Crippen LogP contribution is 2.20. The van der Waals surface area contributed by atoms with Crippen LogP contribution in [0.25, 0.3) is 5.65 Å². The minimum atomic E-state index is -0.222. The van der Waals surface area contributed by atoms with Gasteiger partial charge in [-0.1, -0.05) is 36.4 Å². The van der Waals surface area contributed by atoms with E-state index in [1.807, 2.05) is 59.1 Å². The van der Waals surface area contributed by atoms with E-state index < -0.39 is 0 Å². The zero-order valence-corrected chi connectivity index (χ0v) is 19.5. The fourth-order valence-corrected chi connectivity index (χ4v) is 4.39. The Labute approximate surface area is 203 Å². The highest BCUT2D eigenvalue weighted by Gasteiger charge is 2.25. The van der Waals surface area contributed by atoms with Crippen LogP contribution < -0.4 is 4.74 Å². The third kappa shape index (κ3) is 5.69. The number of halogens is 1. The van der Waals surface area contributed by atoms with Gasteiger partial charge in [0.2, 0.25) is 0 Å². The van der Waals surface area contributed by atoms with Crippen LogP contribution in [-0.4, -0.2) is 46.1 Å². The number of fused-ring (bicyclic) bond motifs is 1. The normalized spacial score (nSPS) is 15.4. The summed E-state index contributed by atoms with van der Waals surface area (Å²) >= 11 is 0. The first-order valence-electron chi connectivity index (χ1n) is 12.0. The topological polar surface area (TPSA) is 56.1 Å². The molecule has 180 valence electrons. The molecule has 0 radical (unpaired) electrons. The number of pyridine rings is 1. The number of aromatic nitrogens is 2. The average molecular weight is 474 g/mol. The molecule has 1 fully saturated rings. The number of carbonyl (C=O) groups excluding carboxylic acids is 1. The molecular weight excluding hydrogens is 445 g/mol. The Hall–Kier alpha value is -3.71. The molecule has 1 aliphatic heterocycles. The van der Waals surface area contributed by atoms with Gasteiger partial charge in [0.15, 0.2) is 0 Å². The second kappa shape index (κ2) is 10.7. The van der Waals surface area contributed by atoms with Crippen molar-refractivity contribution in [3.63, 3.8) is 0 Å². The van der Waals surface area contributed by atoms with Crippen LogP contribution >= 0.6 is 0 Å². The van der Waals surface area contributed by atoms with Crippen LogP contribution in [0.2, 0.25) is 0 Å². The number of hydrogen-bond donors (Lipinski definition) is 0. The van der Waals surface area contributed by atoms with Crippen molar-refractivity contribution < 1.29 is 18.7 Å². The minimum Gasteiger partial charge on any atom is -0.493 e. The van der Waals surface area contributed by atoms with Gasteiger partial charge in [0.1, 0.15) is 22.9 Å². The maximum atomic E-state index is 13.9. The van der Waals surface area contributed by atoms with Gasteiger partial charge in [-0.15, -0.1) is 0 Å². The van der Waals surface area contributed by atoms with Gasteiger partial charge >= 0.3 is 0 Å². The molecule has 2 aromatic carbocycles. The molecule has 0 N–H and O–H groups in total. The standard InChI is InChI=1S/C28H28FN3O3/c29-25-11-2-1-8-22(25)13-16-35-23-9-5-7-21(17-23)18-32(19-24-10-6-15-34-24)28(33)26-20-31-14-4-3-12-27(31)30-26/h1-5,7-9,11-12,14,17,20,24H,6,10,13,15-16,18-19H2/t24-/m0/s1. The van der Waals surface area contributed by atoms with E-state index in [1.165, 1.54) is 6.07 Å². The number of rotatable bonds is 9. The molecule has 35 heavy (non-hydrogen) atoms. The SMILES string of the molecule is O=C(c1cn2ccccc2n1)N(Cc1cccc(OCCc2ccccc2F)c1)C[C@@H]1CCCO1. The second-order valence-corrected chi connectivity index (χ2v) is 8.75. The van der Waals surface area contributed by atoms with Crippen LogP contribution in [0, 0.1) is 5.82 Å². The van der Waals surface area contributed by atoms with Gasteiger partial charge in [0.05, 0.1) is 12.7 Å². The maximum Gasteiger partial charge on any atom is 0.274 e. The number of benzene rings is 2. The Bertz CT molecular complexity index is 1270. The van der Waals surface area contributed by atoms with Crippen LogP contribution in [0.1, 0.15) is 34.5 Å². The Morgan fingerprint density at radius 3 is 2.86 bits per heavy atom. The third-order valence-corrected chi connectivity index (χ3v) is 6.19. The largest absolute Gasteiger partial charge is 0.493 e. The van der Waals surface area contributed by atoms with Crippen molar-refractivity contribution in [2.24, 2.45) is 0 Å². The van der Waals surface area contributed by atoms with E-state index in [0.717, 1.165) is 30.7 Å². The quantitative estimate of drug-likeness (QED) is 0.346. The predicted octanol–water partition coefficient (Wildman–Crippen LogP) is 4.92. The van der Waals surface area contributed by atoms with Crippen molar-refractivity contribution in [1.82, 2.24) is 14.3 Å². The highest BCUT2D eigenvalue weighted by molar-refractivity contribution is 5.93. The lowest BCUT2D eigenvalue weighted by Gasteiger charge is -2.25. The molecule has 1 aliphatic rings. The number of hydrogen-bond acceptors (Lipinski definition) is 4. The Kier molecular flexibility index (Phi) is 7.04. The van der Waals surface area contributed by atoms with E-state index in [0.29, 0.717) is 43.1 Å². The van der Waals surface area contributed by atoms with E-state index in [-0.39, 0.29) is 17.8 Å². The molecule has 4 aromatic rings. The van der Waals surface area contributed by atoms with E-state index in [4.69, 9.17) is 9.47 Å². The lowest BCUT2D eigenvalue weighted by atomic mass is 10.1. The monoisotopic (exact) mass is 473 g/mol. The van der Waals surface area contributed by atoms with Gasteiger partial charge in [0, 0.05) is 38.5 Å². The van der Waals surface area contributed by atoms with Crippen molar-refractivity contribution >= 4 is 11.6 Å². The van der Waals surface area contributed by atoms with Gasteiger partial charge in [-0.05, 0) is 54.3 Å². The lowest BCUT2D eigenvalue weighted by Crippen LogP contribution is -2.37. The number of carbonyl (C=O) groups is 1. The minimum absolute atomic E-state index is 0.0242. The van der Waals surface area contributed by atoms with Crippen LogP contribution in [-0.2, 0) is 17.7 Å². The number of nitrogens with zero attached hydrogens (tertiary/aromatic N) is 3. The summed E-state index contributed by atoms with van der Waals surface area (Å²) in [5.41, 5.74) is 2.72. The molecule has 1 amide bonds. The number of amides is 1. The Morgan fingerprint density at radius 2 is 2.03 bits per heavy atom. The van der Waals surface area contributed by atoms with Gasteiger partial charge in [-0.2, -0.15) is 0 Å². The van der Waals surface area contributed by atoms with E-state index >= 15 is 0 Å². The summed E-state index contributed by atoms with van der Waals surface area (Å²) in [4.78, 5) is 19.8. The van der Waals surface area contributed by atoms with Gasteiger partial charge in [-0.25, -0.2) is 9.37 Å². The molecule has 0 bridgehead atoms. The van der Waals surface area contributed by atoms with Gasteiger partial charge in [-0.3, -0.25) is 4.79 Å². The van der Waals surface area contributed by atoms with Crippen molar-refractivity contribution in [3.05, 3.63) is 102 Å². The molecule has 0 unspecified atom stereocenters. The summed E-state index contributed by atoms with van der Waals surface area (Å²) in [6.45, 7) is 2.01. The zero-order chi connectivity index (χ0) is 24.0. The average Bonchev–Trinajstić information content (AvgIpc) is 3.54. The smallest absolute Gasteiger partial charge is 0.274 e.